The number of nitrogens with zero attached hydrogens (tertiary/aromatic N) is 2. The lowest BCUT2D eigenvalue weighted by atomic mass is 10.1. The molecule has 4 nitrogen and oxygen atoms in total. The summed E-state index contributed by atoms with van der Waals surface area (Å²) in [4.78, 5) is 5.30. The van der Waals surface area contributed by atoms with Gasteiger partial charge in [0.05, 0.1) is 16.6 Å². The Hall–Kier alpha value is -5.53. The summed E-state index contributed by atoms with van der Waals surface area (Å²) in [6, 6.07) is 53.0. The molecule has 0 saturated heterocycles. The smallest absolute Gasteiger partial charge is 0.172 e. The van der Waals surface area contributed by atoms with Crippen LogP contribution in [0.4, 0.5) is 0 Å². The largest absolute Gasteiger partial charge is 0.309 e. The van der Waals surface area contributed by atoms with Crippen molar-refractivity contribution in [2.75, 3.05) is 0 Å². The predicted molar refractivity (Wildman–Crippen MR) is 204 cm³/mol. The molecule has 0 bridgehead atoms. The molecule has 0 atom stereocenters. The fourth-order valence-electron chi connectivity index (χ4n) is 8.54. The SMILES string of the molecule is O=P1(c2ccc3c(c2)nc2c4cccc(P5(=O)c6ccccc6-c6ccccc65)c4c4ccccc4n32)c2ccccc2-c2ccccc21. The number of fused-ring (bicyclic) bond motifs is 14. The first-order chi connectivity index (χ1) is 24.1. The molecule has 49 heavy (non-hydrogen) atoms. The van der Waals surface area contributed by atoms with Gasteiger partial charge in [0.1, 0.15) is 5.65 Å². The first-order valence-electron chi connectivity index (χ1n) is 16.4. The zero-order valence-electron chi connectivity index (χ0n) is 26.1. The summed E-state index contributed by atoms with van der Waals surface area (Å²) in [7, 11) is -6.36. The van der Waals surface area contributed by atoms with Crippen LogP contribution in [0.25, 0.3) is 60.6 Å². The summed E-state index contributed by atoms with van der Waals surface area (Å²) < 4.78 is 33.3. The molecule has 2 aliphatic rings. The third-order valence-corrected chi connectivity index (χ3v) is 16.9. The average molecular weight is 665 g/mol. The highest BCUT2D eigenvalue weighted by molar-refractivity contribution is 7.87. The van der Waals surface area contributed by atoms with Crippen molar-refractivity contribution in [1.82, 2.24) is 9.38 Å². The van der Waals surface area contributed by atoms with Crippen LogP contribution < -0.4 is 31.8 Å². The summed E-state index contributed by atoms with van der Waals surface area (Å²) in [6.45, 7) is 0. The maximum absolute atomic E-state index is 15.8. The van der Waals surface area contributed by atoms with Crippen LogP contribution in [0.2, 0.25) is 0 Å². The fourth-order valence-corrected chi connectivity index (χ4v) is 14.9. The van der Waals surface area contributed by atoms with Gasteiger partial charge in [-0.1, -0.05) is 133 Å². The topological polar surface area (TPSA) is 51.4 Å². The van der Waals surface area contributed by atoms with Gasteiger partial charge in [-0.2, -0.15) is 0 Å². The normalized spacial score (nSPS) is 15.0. The van der Waals surface area contributed by atoms with Gasteiger partial charge in [-0.05, 0) is 46.5 Å². The third kappa shape index (κ3) is 3.33. The Labute approximate surface area is 282 Å². The first-order valence-corrected chi connectivity index (χ1v) is 19.9. The Morgan fingerprint density at radius 1 is 0.429 bits per heavy atom. The second-order valence-corrected chi connectivity index (χ2v) is 18.3. The Balaban J connectivity index is 1.23. The fraction of sp³-hybridized carbons (Fsp3) is 0. The number of para-hydroxylation sites is 1. The Bertz CT molecular complexity index is 2930. The molecule has 0 N–H and O–H groups in total. The van der Waals surface area contributed by atoms with Gasteiger partial charge in [-0.15, -0.1) is 0 Å². The van der Waals surface area contributed by atoms with Crippen molar-refractivity contribution < 1.29 is 9.13 Å². The van der Waals surface area contributed by atoms with Crippen LogP contribution >= 0.6 is 14.3 Å². The van der Waals surface area contributed by atoms with E-state index in [0.717, 1.165) is 92.4 Å². The zero-order valence-corrected chi connectivity index (χ0v) is 27.9. The van der Waals surface area contributed by atoms with Crippen LogP contribution in [-0.4, -0.2) is 9.38 Å². The van der Waals surface area contributed by atoms with Gasteiger partial charge in [0.2, 0.25) is 0 Å². The zero-order chi connectivity index (χ0) is 32.5. The number of imidazole rings is 1. The van der Waals surface area contributed by atoms with Crippen molar-refractivity contribution in [3.05, 3.63) is 158 Å². The van der Waals surface area contributed by atoms with Crippen molar-refractivity contribution in [1.29, 1.82) is 0 Å². The van der Waals surface area contributed by atoms with Gasteiger partial charge < -0.3 is 9.13 Å². The van der Waals surface area contributed by atoms with Crippen LogP contribution in [-0.2, 0) is 9.13 Å². The Morgan fingerprint density at radius 2 is 0.918 bits per heavy atom. The molecule has 4 heterocycles. The lowest BCUT2D eigenvalue weighted by Gasteiger charge is -2.20. The van der Waals surface area contributed by atoms with Crippen molar-refractivity contribution >= 4 is 84.5 Å². The molecule has 2 aliphatic heterocycles. The van der Waals surface area contributed by atoms with Crippen molar-refractivity contribution in [2.24, 2.45) is 0 Å². The molecule has 9 aromatic rings. The standard InChI is InChI=1S/C43H26N2O2P2/c46-48(37-19-7-2-12-28(37)29-13-3-8-20-38(29)48)27-24-25-36-34(26-27)44-43-33-17-11-23-41(42(33)32-16-1-6-18-35(32)45(36)43)49(47)39-21-9-4-14-30(39)31-15-5-10-22-40(31)49/h1-26H. The van der Waals surface area contributed by atoms with Crippen molar-refractivity contribution in [3.63, 3.8) is 0 Å². The highest BCUT2D eigenvalue weighted by Gasteiger charge is 2.42. The number of aromatic nitrogens is 2. The molecule has 2 aromatic heterocycles. The summed E-state index contributed by atoms with van der Waals surface area (Å²) in [5.41, 5.74) is 7.64. The van der Waals surface area contributed by atoms with Gasteiger partial charge in [-0.3, -0.25) is 4.40 Å². The average Bonchev–Trinajstić information content (AvgIpc) is 3.77. The minimum Gasteiger partial charge on any atom is -0.309 e. The van der Waals surface area contributed by atoms with Crippen LogP contribution in [0, 0.1) is 0 Å². The van der Waals surface area contributed by atoms with E-state index in [4.69, 9.17) is 4.98 Å². The van der Waals surface area contributed by atoms with Crippen LogP contribution in [0.15, 0.2) is 158 Å². The van der Waals surface area contributed by atoms with Crippen molar-refractivity contribution in [3.8, 4) is 22.3 Å². The minimum atomic E-state index is -3.23. The highest BCUT2D eigenvalue weighted by Crippen LogP contribution is 2.55. The van der Waals surface area contributed by atoms with Crippen LogP contribution in [0.1, 0.15) is 0 Å². The number of pyridine rings is 1. The summed E-state index contributed by atoms with van der Waals surface area (Å²) >= 11 is 0. The van der Waals surface area contributed by atoms with E-state index in [1.54, 1.807) is 0 Å². The van der Waals surface area contributed by atoms with Gasteiger partial charge in [-0.25, -0.2) is 4.98 Å². The molecular weight excluding hydrogens is 638 g/mol. The van der Waals surface area contributed by atoms with Gasteiger partial charge in [0.25, 0.3) is 0 Å². The molecule has 0 aliphatic carbocycles. The van der Waals surface area contributed by atoms with Gasteiger partial charge in [0, 0.05) is 48.0 Å². The summed E-state index contributed by atoms with van der Waals surface area (Å²) in [6.07, 6.45) is 0. The third-order valence-electron chi connectivity index (χ3n) is 10.6. The number of benzene rings is 7. The maximum Gasteiger partial charge on any atom is 0.172 e. The molecule has 0 amide bonds. The van der Waals surface area contributed by atoms with Crippen LogP contribution in [0.3, 0.4) is 0 Å². The van der Waals surface area contributed by atoms with E-state index < -0.39 is 14.3 Å². The van der Waals surface area contributed by atoms with Gasteiger partial charge in [0.15, 0.2) is 14.3 Å². The lowest BCUT2D eigenvalue weighted by Crippen LogP contribution is -2.22. The number of hydrogen-bond donors (Lipinski definition) is 0. The molecule has 0 fully saturated rings. The summed E-state index contributed by atoms with van der Waals surface area (Å²) in [5.74, 6) is 0. The first kappa shape index (κ1) is 27.4. The maximum atomic E-state index is 15.8. The van der Waals surface area contributed by atoms with Crippen LogP contribution in [0.5, 0.6) is 0 Å². The van der Waals surface area contributed by atoms with E-state index in [9.17, 15) is 0 Å². The van der Waals surface area contributed by atoms with Gasteiger partial charge >= 0.3 is 0 Å². The van der Waals surface area contributed by atoms with E-state index in [1.165, 1.54) is 0 Å². The molecule has 0 saturated carbocycles. The van der Waals surface area contributed by atoms with E-state index in [2.05, 4.69) is 59.0 Å². The minimum absolute atomic E-state index is 0.777. The second kappa shape index (κ2) is 9.55. The molecule has 230 valence electrons. The molecular formula is C43H26N2O2P2. The summed E-state index contributed by atoms with van der Waals surface area (Å²) in [5, 5.41) is 8.05. The molecule has 7 aromatic carbocycles. The Morgan fingerprint density at radius 3 is 1.53 bits per heavy atom. The highest BCUT2D eigenvalue weighted by atomic mass is 31.2. The number of rotatable bonds is 2. The quantitative estimate of drug-likeness (QED) is 0.139. The molecule has 6 heteroatoms. The molecule has 0 spiro atoms. The van der Waals surface area contributed by atoms with Crippen molar-refractivity contribution in [2.45, 2.75) is 0 Å². The van der Waals surface area contributed by atoms with E-state index >= 15 is 9.13 Å². The number of hydrogen-bond acceptors (Lipinski definition) is 3. The Kier molecular flexibility index (Phi) is 5.34. The second-order valence-electron chi connectivity index (χ2n) is 12.9. The van der Waals surface area contributed by atoms with E-state index in [-0.39, 0.29) is 0 Å². The lowest BCUT2D eigenvalue weighted by molar-refractivity contribution is 0.592. The molecule has 0 unspecified atom stereocenters. The molecule has 11 rings (SSSR count). The van der Waals surface area contributed by atoms with E-state index in [1.807, 2.05) is 103 Å². The molecule has 0 radical (unpaired) electrons. The van der Waals surface area contributed by atoms with E-state index in [0.29, 0.717) is 0 Å². The predicted octanol–water partition coefficient (Wildman–Crippen LogP) is 8.03. The monoisotopic (exact) mass is 664 g/mol.